The Bertz CT molecular complexity index is 452. The van der Waals surface area contributed by atoms with Crippen LogP contribution in [0.1, 0.15) is 24.3 Å². The van der Waals surface area contributed by atoms with Crippen LogP contribution in [-0.2, 0) is 0 Å². The Labute approximate surface area is 92.5 Å². The predicted octanol–water partition coefficient (Wildman–Crippen LogP) is 0.144. The normalized spacial score (nSPS) is 9.88. The van der Waals surface area contributed by atoms with Gasteiger partial charge in [0.05, 0.1) is 6.07 Å². The van der Waals surface area contributed by atoms with Crippen LogP contribution in [0.3, 0.4) is 0 Å². The maximum Gasteiger partial charge on any atom is 0.275 e. The van der Waals surface area contributed by atoms with E-state index < -0.39 is 0 Å². The Balaban J connectivity index is 2.95. The molecule has 1 amide bonds. The highest BCUT2D eigenvalue weighted by Crippen LogP contribution is 2.03. The van der Waals surface area contributed by atoms with E-state index in [-0.39, 0.29) is 29.7 Å². The summed E-state index contributed by atoms with van der Waals surface area (Å²) in [6.07, 6.45) is 0. The molecular formula is C10H12N4O2. The summed E-state index contributed by atoms with van der Waals surface area (Å²) >= 11 is 0. The summed E-state index contributed by atoms with van der Waals surface area (Å²) in [6.45, 7) is 3.61. The minimum Gasteiger partial charge on any atom is -0.322 e. The number of hydrogen-bond acceptors (Lipinski definition) is 4. The Morgan fingerprint density at radius 2 is 2.31 bits per heavy atom. The van der Waals surface area contributed by atoms with Crippen molar-refractivity contribution in [2.45, 2.75) is 19.9 Å². The second kappa shape index (κ2) is 5.07. The summed E-state index contributed by atoms with van der Waals surface area (Å²) in [5, 5.41) is 14.4. The molecule has 16 heavy (non-hydrogen) atoms. The van der Waals surface area contributed by atoms with E-state index in [1.165, 1.54) is 17.0 Å². The van der Waals surface area contributed by atoms with Gasteiger partial charge in [-0.15, -0.1) is 0 Å². The minimum absolute atomic E-state index is 0.00267. The van der Waals surface area contributed by atoms with Crippen LogP contribution in [-0.4, -0.2) is 33.6 Å². The quantitative estimate of drug-likeness (QED) is 0.734. The molecule has 0 radical (unpaired) electrons. The zero-order chi connectivity index (χ0) is 12.1. The molecule has 1 aromatic rings. The van der Waals surface area contributed by atoms with Gasteiger partial charge >= 0.3 is 0 Å². The molecule has 0 bridgehead atoms. The summed E-state index contributed by atoms with van der Waals surface area (Å²) in [5.41, 5.74) is -0.239. The van der Waals surface area contributed by atoms with E-state index in [0.29, 0.717) is 0 Å². The third-order valence-corrected chi connectivity index (χ3v) is 2.02. The number of H-pyrrole nitrogens is 1. The van der Waals surface area contributed by atoms with Gasteiger partial charge in [0.2, 0.25) is 0 Å². The van der Waals surface area contributed by atoms with Crippen molar-refractivity contribution in [3.8, 4) is 6.07 Å². The lowest BCUT2D eigenvalue weighted by Gasteiger charge is -2.22. The Morgan fingerprint density at radius 3 is 2.75 bits per heavy atom. The fourth-order valence-electron chi connectivity index (χ4n) is 1.18. The number of carbonyl (C=O) groups excluding carboxylic acids is 1. The number of rotatable bonds is 3. The van der Waals surface area contributed by atoms with Crippen molar-refractivity contribution >= 4 is 5.91 Å². The lowest BCUT2D eigenvalue weighted by Crippen LogP contribution is -2.38. The summed E-state index contributed by atoms with van der Waals surface area (Å²) in [4.78, 5) is 24.0. The van der Waals surface area contributed by atoms with Gasteiger partial charge < -0.3 is 4.90 Å². The zero-order valence-electron chi connectivity index (χ0n) is 9.10. The van der Waals surface area contributed by atoms with Gasteiger partial charge in [0, 0.05) is 12.1 Å². The number of carbonyl (C=O) groups is 1. The molecule has 1 rings (SSSR count). The molecule has 1 heterocycles. The minimum atomic E-state index is -0.368. The molecule has 0 spiro atoms. The molecule has 0 fully saturated rings. The highest BCUT2D eigenvalue weighted by atomic mass is 16.2. The van der Waals surface area contributed by atoms with Crippen LogP contribution in [0.25, 0.3) is 0 Å². The first kappa shape index (κ1) is 11.9. The molecule has 0 aliphatic carbocycles. The van der Waals surface area contributed by atoms with Crippen LogP contribution >= 0.6 is 0 Å². The van der Waals surface area contributed by atoms with Crippen LogP contribution < -0.4 is 5.56 Å². The van der Waals surface area contributed by atoms with Crippen molar-refractivity contribution in [2.75, 3.05) is 6.54 Å². The largest absolute Gasteiger partial charge is 0.322 e. The lowest BCUT2D eigenvalue weighted by molar-refractivity contribution is 0.0724. The fraction of sp³-hybridized carbons (Fsp3) is 0.400. The average Bonchev–Trinajstić information content (AvgIpc) is 2.25. The van der Waals surface area contributed by atoms with Crippen molar-refractivity contribution in [3.05, 3.63) is 28.2 Å². The summed E-state index contributed by atoms with van der Waals surface area (Å²) in [5.74, 6) is -0.368. The van der Waals surface area contributed by atoms with Crippen molar-refractivity contribution < 1.29 is 4.79 Å². The number of nitrogens with one attached hydrogen (secondary N) is 1. The number of nitrogens with zero attached hydrogens (tertiary/aromatic N) is 3. The monoisotopic (exact) mass is 220 g/mol. The summed E-state index contributed by atoms with van der Waals surface area (Å²) in [7, 11) is 0. The number of aromatic amines is 1. The van der Waals surface area contributed by atoms with E-state index in [2.05, 4.69) is 10.2 Å². The molecule has 0 unspecified atom stereocenters. The smallest absolute Gasteiger partial charge is 0.275 e. The predicted molar refractivity (Wildman–Crippen MR) is 56.6 cm³/mol. The first-order valence-electron chi connectivity index (χ1n) is 4.80. The fourth-order valence-corrected chi connectivity index (χ4v) is 1.18. The molecule has 0 saturated heterocycles. The summed E-state index contributed by atoms with van der Waals surface area (Å²) in [6, 6.07) is 4.39. The van der Waals surface area contributed by atoms with Crippen molar-refractivity contribution in [1.29, 1.82) is 5.26 Å². The number of hydrogen-bond donors (Lipinski definition) is 1. The molecular weight excluding hydrogens is 208 g/mol. The third-order valence-electron chi connectivity index (χ3n) is 2.02. The van der Waals surface area contributed by atoms with Gasteiger partial charge in [-0.2, -0.15) is 10.4 Å². The SMILES string of the molecule is CC(C)N(CC#N)C(=O)c1ccc(=O)[nH]n1. The van der Waals surface area contributed by atoms with Gasteiger partial charge in [0.25, 0.3) is 11.5 Å². The topological polar surface area (TPSA) is 89.9 Å². The lowest BCUT2D eigenvalue weighted by atomic mass is 10.2. The Hall–Kier alpha value is -2.16. The van der Waals surface area contributed by atoms with E-state index in [0.717, 1.165) is 0 Å². The van der Waals surface area contributed by atoms with Gasteiger partial charge in [0.1, 0.15) is 12.2 Å². The van der Waals surface area contributed by atoms with Gasteiger partial charge in [-0.25, -0.2) is 5.10 Å². The van der Waals surface area contributed by atoms with Crippen molar-refractivity contribution in [2.24, 2.45) is 0 Å². The number of nitriles is 1. The molecule has 1 N–H and O–H groups in total. The second-order valence-corrected chi connectivity index (χ2v) is 3.49. The van der Waals surface area contributed by atoms with Crippen molar-refractivity contribution in [3.63, 3.8) is 0 Å². The Morgan fingerprint density at radius 1 is 1.62 bits per heavy atom. The van der Waals surface area contributed by atoms with E-state index in [4.69, 9.17) is 5.26 Å². The van der Waals surface area contributed by atoms with Crippen LogP contribution in [0, 0.1) is 11.3 Å². The van der Waals surface area contributed by atoms with Crippen LogP contribution in [0.15, 0.2) is 16.9 Å². The number of aromatic nitrogens is 2. The first-order valence-corrected chi connectivity index (χ1v) is 4.80. The molecule has 0 saturated carbocycles. The first-order chi connectivity index (χ1) is 7.56. The van der Waals surface area contributed by atoms with Gasteiger partial charge in [0.15, 0.2) is 0 Å². The third kappa shape index (κ3) is 2.67. The molecule has 0 atom stereocenters. The van der Waals surface area contributed by atoms with Gasteiger partial charge in [-0.3, -0.25) is 9.59 Å². The van der Waals surface area contributed by atoms with Gasteiger partial charge in [-0.1, -0.05) is 0 Å². The van der Waals surface area contributed by atoms with Crippen molar-refractivity contribution in [1.82, 2.24) is 15.1 Å². The zero-order valence-corrected chi connectivity index (χ0v) is 9.10. The summed E-state index contributed by atoms with van der Waals surface area (Å²) < 4.78 is 0. The van der Waals surface area contributed by atoms with E-state index >= 15 is 0 Å². The second-order valence-electron chi connectivity index (χ2n) is 3.49. The maximum atomic E-state index is 11.9. The van der Waals surface area contributed by atoms with Crippen LogP contribution in [0.2, 0.25) is 0 Å². The van der Waals surface area contributed by atoms with Crippen LogP contribution in [0.4, 0.5) is 0 Å². The average molecular weight is 220 g/mol. The number of amides is 1. The molecule has 1 aromatic heterocycles. The van der Waals surface area contributed by atoms with Gasteiger partial charge in [-0.05, 0) is 19.9 Å². The highest BCUT2D eigenvalue weighted by Gasteiger charge is 2.19. The molecule has 0 aliphatic rings. The maximum absolute atomic E-state index is 11.9. The molecule has 6 nitrogen and oxygen atoms in total. The molecule has 6 heteroatoms. The molecule has 0 aliphatic heterocycles. The van der Waals surface area contributed by atoms with E-state index in [1.807, 2.05) is 6.07 Å². The molecule has 0 aromatic carbocycles. The van der Waals surface area contributed by atoms with Crippen LogP contribution in [0.5, 0.6) is 0 Å². The van der Waals surface area contributed by atoms with E-state index in [1.54, 1.807) is 13.8 Å². The molecule has 84 valence electrons. The Kier molecular flexibility index (Phi) is 3.78. The highest BCUT2D eigenvalue weighted by molar-refractivity contribution is 5.92. The van der Waals surface area contributed by atoms with E-state index in [9.17, 15) is 9.59 Å². The standard InChI is InChI=1S/C10H12N4O2/c1-7(2)14(6-5-11)10(16)8-3-4-9(15)13-12-8/h3-4,7H,6H2,1-2H3,(H,13,15).